The molecule has 1 fully saturated rings. The van der Waals surface area contributed by atoms with Crippen LogP contribution in [-0.2, 0) is 0 Å². The van der Waals surface area contributed by atoms with E-state index in [-0.39, 0.29) is 18.4 Å². The highest BCUT2D eigenvalue weighted by Crippen LogP contribution is 2.23. The third-order valence-electron chi connectivity index (χ3n) is 3.80. The van der Waals surface area contributed by atoms with E-state index in [1.54, 1.807) is 41.6 Å². The molecular formula is C17H18N2O3. The maximum absolute atomic E-state index is 12.5. The Morgan fingerprint density at radius 3 is 2.82 bits per heavy atom. The maximum Gasteiger partial charge on any atom is 0.253 e. The van der Waals surface area contributed by atoms with Crippen molar-refractivity contribution in [1.82, 2.24) is 9.88 Å². The van der Waals surface area contributed by atoms with E-state index >= 15 is 0 Å². The Labute approximate surface area is 129 Å². The topological polar surface area (TPSA) is 62.7 Å². The zero-order valence-electron chi connectivity index (χ0n) is 12.2. The molecule has 1 unspecified atom stereocenters. The Bertz CT molecular complexity index is 645. The molecule has 5 nitrogen and oxygen atoms in total. The van der Waals surface area contributed by atoms with E-state index in [1.165, 1.54) is 0 Å². The molecular weight excluding hydrogens is 280 g/mol. The quantitative estimate of drug-likeness (QED) is 0.941. The average Bonchev–Trinajstić information content (AvgIpc) is 3.04. The van der Waals surface area contributed by atoms with Gasteiger partial charge in [0.15, 0.2) is 0 Å². The van der Waals surface area contributed by atoms with Crippen molar-refractivity contribution in [2.45, 2.75) is 6.42 Å². The molecule has 3 rings (SSSR count). The number of rotatable bonds is 4. The van der Waals surface area contributed by atoms with E-state index in [1.807, 2.05) is 12.1 Å². The van der Waals surface area contributed by atoms with Gasteiger partial charge in [-0.25, -0.2) is 0 Å². The Kier molecular flexibility index (Phi) is 4.34. The van der Waals surface area contributed by atoms with E-state index < -0.39 is 0 Å². The molecule has 1 aromatic heterocycles. The summed E-state index contributed by atoms with van der Waals surface area (Å²) in [5.74, 6) is 1.48. The van der Waals surface area contributed by atoms with Crippen LogP contribution in [0.3, 0.4) is 0 Å². The summed E-state index contributed by atoms with van der Waals surface area (Å²) in [6, 6.07) is 10.7. The standard InChI is InChI=1S/C17H18N2O3/c20-12-13-6-9-19(11-13)17(21)14-2-1-3-16(10-14)22-15-4-7-18-8-5-15/h1-5,7-8,10,13,20H,6,9,11-12H2. The fraction of sp³-hybridized carbons (Fsp3) is 0.294. The SMILES string of the molecule is O=C(c1cccc(Oc2ccncc2)c1)N1CCC(CO)C1. The highest BCUT2D eigenvalue weighted by atomic mass is 16.5. The van der Waals surface area contributed by atoms with Gasteiger partial charge in [0.05, 0.1) is 0 Å². The normalized spacial score (nSPS) is 17.5. The van der Waals surface area contributed by atoms with Crippen LogP contribution in [0.1, 0.15) is 16.8 Å². The molecule has 2 heterocycles. The van der Waals surface area contributed by atoms with E-state index in [0.29, 0.717) is 30.2 Å². The van der Waals surface area contributed by atoms with Gasteiger partial charge in [-0.3, -0.25) is 9.78 Å². The lowest BCUT2D eigenvalue weighted by Crippen LogP contribution is -2.29. The number of likely N-dealkylation sites (tertiary alicyclic amines) is 1. The lowest BCUT2D eigenvalue weighted by atomic mass is 10.1. The number of hydrogen-bond donors (Lipinski definition) is 1. The van der Waals surface area contributed by atoms with Gasteiger partial charge in [0.2, 0.25) is 0 Å². The van der Waals surface area contributed by atoms with Crippen LogP contribution in [0.15, 0.2) is 48.8 Å². The summed E-state index contributed by atoms with van der Waals surface area (Å²) in [5, 5.41) is 9.18. The predicted molar refractivity (Wildman–Crippen MR) is 81.8 cm³/mol. The average molecular weight is 298 g/mol. The molecule has 22 heavy (non-hydrogen) atoms. The lowest BCUT2D eigenvalue weighted by Gasteiger charge is -2.16. The molecule has 0 aliphatic carbocycles. The molecule has 1 saturated heterocycles. The van der Waals surface area contributed by atoms with Gasteiger partial charge in [-0.1, -0.05) is 6.07 Å². The molecule has 1 atom stereocenters. The number of aliphatic hydroxyl groups excluding tert-OH is 1. The summed E-state index contributed by atoms with van der Waals surface area (Å²) in [7, 11) is 0. The predicted octanol–water partition coefficient (Wildman–Crippen LogP) is 2.33. The van der Waals surface area contributed by atoms with Crippen LogP contribution in [0, 0.1) is 5.92 Å². The van der Waals surface area contributed by atoms with Gasteiger partial charge in [-0.2, -0.15) is 0 Å². The number of hydrogen-bond acceptors (Lipinski definition) is 4. The molecule has 0 spiro atoms. The first kappa shape index (κ1) is 14.5. The molecule has 5 heteroatoms. The number of carbonyl (C=O) groups excluding carboxylic acids is 1. The molecule has 0 saturated carbocycles. The van der Waals surface area contributed by atoms with E-state index in [2.05, 4.69) is 4.98 Å². The first-order valence-electron chi connectivity index (χ1n) is 7.34. The second-order valence-electron chi connectivity index (χ2n) is 5.40. The number of amides is 1. The molecule has 1 aliphatic heterocycles. The zero-order chi connectivity index (χ0) is 15.4. The van der Waals surface area contributed by atoms with Crippen molar-refractivity contribution in [2.24, 2.45) is 5.92 Å². The van der Waals surface area contributed by atoms with E-state index in [4.69, 9.17) is 4.74 Å². The van der Waals surface area contributed by atoms with Crippen LogP contribution in [0.2, 0.25) is 0 Å². The van der Waals surface area contributed by atoms with Gasteiger partial charge in [-0.05, 0) is 36.8 Å². The monoisotopic (exact) mass is 298 g/mol. The molecule has 114 valence electrons. The van der Waals surface area contributed by atoms with Crippen molar-refractivity contribution < 1.29 is 14.6 Å². The largest absolute Gasteiger partial charge is 0.457 e. The van der Waals surface area contributed by atoms with Crippen molar-refractivity contribution >= 4 is 5.91 Å². The van der Waals surface area contributed by atoms with Gasteiger partial charge in [0.25, 0.3) is 5.91 Å². The van der Waals surface area contributed by atoms with Gasteiger partial charge in [-0.15, -0.1) is 0 Å². The number of ether oxygens (including phenoxy) is 1. The first-order chi connectivity index (χ1) is 10.8. The Morgan fingerprint density at radius 2 is 2.09 bits per heavy atom. The number of nitrogens with zero attached hydrogens (tertiary/aromatic N) is 2. The number of benzene rings is 1. The Hall–Kier alpha value is -2.40. The second-order valence-corrected chi connectivity index (χ2v) is 5.40. The van der Waals surface area contributed by atoms with Gasteiger partial charge in [0.1, 0.15) is 11.5 Å². The second kappa shape index (κ2) is 6.58. The van der Waals surface area contributed by atoms with Gasteiger partial charge >= 0.3 is 0 Å². The third-order valence-corrected chi connectivity index (χ3v) is 3.80. The summed E-state index contributed by atoms with van der Waals surface area (Å²) >= 11 is 0. The smallest absolute Gasteiger partial charge is 0.253 e. The minimum Gasteiger partial charge on any atom is -0.457 e. The van der Waals surface area contributed by atoms with Crippen LogP contribution in [0.25, 0.3) is 0 Å². The third kappa shape index (κ3) is 3.26. The first-order valence-corrected chi connectivity index (χ1v) is 7.34. The zero-order valence-corrected chi connectivity index (χ0v) is 12.2. The van der Waals surface area contributed by atoms with Crippen molar-refractivity contribution in [3.8, 4) is 11.5 Å². The van der Waals surface area contributed by atoms with Gasteiger partial charge < -0.3 is 14.7 Å². The van der Waals surface area contributed by atoms with Crippen LogP contribution < -0.4 is 4.74 Å². The number of aromatic nitrogens is 1. The molecule has 0 bridgehead atoms. The fourth-order valence-electron chi connectivity index (χ4n) is 2.58. The summed E-state index contributed by atoms with van der Waals surface area (Å²) in [6.07, 6.45) is 4.17. The minimum absolute atomic E-state index is 0.0175. The summed E-state index contributed by atoms with van der Waals surface area (Å²) in [5.41, 5.74) is 0.602. The Balaban J connectivity index is 1.72. The Morgan fingerprint density at radius 1 is 1.27 bits per heavy atom. The van der Waals surface area contributed by atoms with Gasteiger partial charge in [0, 0.05) is 43.6 Å². The van der Waals surface area contributed by atoms with E-state index in [0.717, 1.165) is 6.42 Å². The number of pyridine rings is 1. The highest BCUT2D eigenvalue weighted by molar-refractivity contribution is 5.94. The summed E-state index contributed by atoms with van der Waals surface area (Å²) in [6.45, 7) is 1.44. The molecule has 1 amide bonds. The van der Waals surface area contributed by atoms with E-state index in [9.17, 15) is 9.90 Å². The molecule has 2 aromatic rings. The molecule has 0 radical (unpaired) electrons. The van der Waals surface area contributed by atoms with Crippen LogP contribution in [0.4, 0.5) is 0 Å². The van der Waals surface area contributed by atoms with Crippen molar-refractivity contribution in [3.63, 3.8) is 0 Å². The molecule has 1 aliphatic rings. The minimum atomic E-state index is -0.0175. The molecule has 1 aromatic carbocycles. The molecule has 1 N–H and O–H groups in total. The van der Waals surface area contributed by atoms with Crippen LogP contribution in [0.5, 0.6) is 11.5 Å². The van der Waals surface area contributed by atoms with Crippen molar-refractivity contribution in [1.29, 1.82) is 0 Å². The maximum atomic E-state index is 12.5. The van der Waals surface area contributed by atoms with Crippen molar-refractivity contribution in [3.05, 3.63) is 54.4 Å². The summed E-state index contributed by atoms with van der Waals surface area (Å²) in [4.78, 5) is 18.2. The fourth-order valence-corrected chi connectivity index (χ4v) is 2.58. The highest BCUT2D eigenvalue weighted by Gasteiger charge is 2.26. The van der Waals surface area contributed by atoms with Crippen LogP contribution >= 0.6 is 0 Å². The lowest BCUT2D eigenvalue weighted by molar-refractivity contribution is 0.0781. The number of aliphatic hydroxyl groups is 1. The van der Waals surface area contributed by atoms with Crippen molar-refractivity contribution in [2.75, 3.05) is 19.7 Å². The summed E-state index contributed by atoms with van der Waals surface area (Å²) < 4.78 is 5.72. The van der Waals surface area contributed by atoms with Crippen LogP contribution in [-0.4, -0.2) is 40.6 Å². The number of carbonyl (C=O) groups is 1.